The summed E-state index contributed by atoms with van der Waals surface area (Å²) in [6, 6.07) is 13.6. The van der Waals surface area contributed by atoms with Gasteiger partial charge in [-0.15, -0.1) is 0 Å². The number of hydrazone groups is 1. The van der Waals surface area contributed by atoms with Crippen molar-refractivity contribution in [3.8, 4) is 5.75 Å². The summed E-state index contributed by atoms with van der Waals surface area (Å²) in [6.07, 6.45) is 0. The van der Waals surface area contributed by atoms with E-state index in [2.05, 4.69) is 26.5 Å². The molecule has 0 heterocycles. The van der Waals surface area contributed by atoms with E-state index in [-0.39, 0.29) is 12.5 Å². The van der Waals surface area contributed by atoms with Crippen LogP contribution in [0, 0.1) is 13.8 Å². The van der Waals surface area contributed by atoms with Crippen molar-refractivity contribution in [1.29, 1.82) is 0 Å². The Morgan fingerprint density at radius 3 is 2.52 bits per heavy atom. The summed E-state index contributed by atoms with van der Waals surface area (Å²) in [5.41, 5.74) is 6.38. The Hall–Kier alpha value is -2.14. The fourth-order valence-corrected chi connectivity index (χ4v) is 2.43. The van der Waals surface area contributed by atoms with Crippen molar-refractivity contribution in [2.75, 3.05) is 6.61 Å². The molecule has 0 fully saturated rings. The lowest BCUT2D eigenvalue weighted by Gasteiger charge is -2.08. The molecule has 1 amide bonds. The summed E-state index contributed by atoms with van der Waals surface area (Å²) in [5.74, 6) is 0.390. The smallest absolute Gasteiger partial charge is 0.277 e. The van der Waals surface area contributed by atoms with Crippen LogP contribution in [0.3, 0.4) is 0 Å². The molecule has 0 unspecified atom stereocenters. The third-order valence-corrected chi connectivity index (χ3v) is 3.81. The molecule has 0 aromatic heterocycles. The van der Waals surface area contributed by atoms with Gasteiger partial charge in [-0.2, -0.15) is 5.10 Å². The van der Waals surface area contributed by atoms with Crippen molar-refractivity contribution in [2.45, 2.75) is 20.8 Å². The first-order chi connectivity index (χ1) is 11.0. The van der Waals surface area contributed by atoms with Gasteiger partial charge in [0.1, 0.15) is 5.75 Å². The summed E-state index contributed by atoms with van der Waals surface area (Å²) in [6.45, 7) is 5.73. The number of halogens is 1. The number of hydrogen-bond acceptors (Lipinski definition) is 3. The first-order valence-electron chi connectivity index (χ1n) is 7.25. The Morgan fingerprint density at radius 1 is 1.17 bits per heavy atom. The van der Waals surface area contributed by atoms with E-state index in [0.717, 1.165) is 21.3 Å². The van der Waals surface area contributed by atoms with E-state index >= 15 is 0 Å². The molecule has 0 spiro atoms. The highest BCUT2D eigenvalue weighted by Crippen LogP contribution is 2.21. The largest absolute Gasteiger partial charge is 0.483 e. The van der Waals surface area contributed by atoms with Gasteiger partial charge in [0.2, 0.25) is 0 Å². The molecule has 0 radical (unpaired) electrons. The minimum Gasteiger partial charge on any atom is -0.483 e. The van der Waals surface area contributed by atoms with Crippen molar-refractivity contribution in [3.63, 3.8) is 0 Å². The molecule has 0 atom stereocenters. The minimum absolute atomic E-state index is 0.0762. The summed E-state index contributed by atoms with van der Waals surface area (Å²) in [5, 5.41) is 4.10. The first kappa shape index (κ1) is 17.2. The molecule has 2 aromatic rings. The molecular weight excluding hydrogens is 356 g/mol. The minimum atomic E-state index is -0.293. The first-order valence-corrected chi connectivity index (χ1v) is 8.04. The van der Waals surface area contributed by atoms with Crippen LogP contribution >= 0.6 is 15.9 Å². The number of carbonyl (C=O) groups is 1. The van der Waals surface area contributed by atoms with Crippen LogP contribution in [0.25, 0.3) is 0 Å². The van der Waals surface area contributed by atoms with E-state index in [9.17, 15) is 4.79 Å². The number of rotatable bonds is 5. The molecule has 0 saturated carbocycles. The van der Waals surface area contributed by atoms with Gasteiger partial charge in [0, 0.05) is 4.47 Å². The number of carbonyl (C=O) groups excluding carboxylic acids is 1. The Kier molecular flexibility index (Phi) is 5.93. The van der Waals surface area contributed by atoms with Gasteiger partial charge in [0.25, 0.3) is 5.91 Å². The van der Waals surface area contributed by atoms with Crippen LogP contribution in [-0.2, 0) is 4.79 Å². The molecular formula is C18H19BrN2O2. The quantitative estimate of drug-likeness (QED) is 0.635. The zero-order valence-electron chi connectivity index (χ0n) is 13.4. The van der Waals surface area contributed by atoms with Crippen LogP contribution in [0.15, 0.2) is 52.0 Å². The van der Waals surface area contributed by atoms with E-state index in [4.69, 9.17) is 4.74 Å². The normalized spacial score (nSPS) is 11.2. The summed E-state index contributed by atoms with van der Waals surface area (Å²) >= 11 is 3.39. The number of nitrogens with zero attached hydrogens (tertiary/aromatic N) is 1. The van der Waals surface area contributed by atoms with Crippen molar-refractivity contribution in [2.24, 2.45) is 5.10 Å². The van der Waals surface area contributed by atoms with Gasteiger partial charge < -0.3 is 4.74 Å². The molecule has 0 saturated heterocycles. The predicted octanol–water partition coefficient (Wildman–Crippen LogP) is 3.99. The molecule has 2 rings (SSSR count). The van der Waals surface area contributed by atoms with Crippen LogP contribution in [0.5, 0.6) is 5.75 Å². The lowest BCUT2D eigenvalue weighted by Crippen LogP contribution is -2.25. The maximum absolute atomic E-state index is 11.8. The third kappa shape index (κ3) is 5.21. The fourth-order valence-electron chi connectivity index (χ4n) is 1.96. The van der Waals surface area contributed by atoms with E-state index < -0.39 is 0 Å². The topological polar surface area (TPSA) is 50.7 Å². The molecule has 0 bridgehead atoms. The molecule has 23 heavy (non-hydrogen) atoms. The average Bonchev–Trinajstić information content (AvgIpc) is 2.52. The average molecular weight is 375 g/mol. The molecule has 0 aliphatic carbocycles. The van der Waals surface area contributed by atoms with Crippen molar-refractivity contribution in [1.82, 2.24) is 5.43 Å². The molecule has 5 heteroatoms. The van der Waals surface area contributed by atoms with Crippen LogP contribution in [-0.4, -0.2) is 18.2 Å². The van der Waals surface area contributed by atoms with Crippen LogP contribution < -0.4 is 10.2 Å². The second-order valence-corrected chi connectivity index (χ2v) is 6.21. The molecule has 1 N–H and O–H groups in total. The van der Waals surface area contributed by atoms with Crippen LogP contribution in [0.2, 0.25) is 0 Å². The van der Waals surface area contributed by atoms with Gasteiger partial charge in [0.05, 0.1) is 5.71 Å². The second kappa shape index (κ2) is 7.92. The van der Waals surface area contributed by atoms with Crippen molar-refractivity contribution in [3.05, 3.63) is 63.6 Å². The zero-order chi connectivity index (χ0) is 16.8. The maximum Gasteiger partial charge on any atom is 0.277 e. The van der Waals surface area contributed by atoms with E-state index in [1.54, 1.807) is 0 Å². The molecule has 0 aliphatic heterocycles. The molecule has 120 valence electrons. The lowest BCUT2D eigenvalue weighted by molar-refractivity contribution is -0.123. The zero-order valence-corrected chi connectivity index (χ0v) is 15.0. The highest BCUT2D eigenvalue weighted by molar-refractivity contribution is 9.10. The van der Waals surface area contributed by atoms with E-state index in [0.29, 0.717) is 5.75 Å². The van der Waals surface area contributed by atoms with Crippen molar-refractivity contribution >= 4 is 27.5 Å². The molecule has 0 aliphatic rings. The Morgan fingerprint density at radius 2 is 1.87 bits per heavy atom. The number of nitrogens with one attached hydrogen (secondary N) is 1. The van der Waals surface area contributed by atoms with Gasteiger partial charge >= 0.3 is 0 Å². The predicted molar refractivity (Wildman–Crippen MR) is 95.9 cm³/mol. The van der Waals surface area contributed by atoms with Gasteiger partial charge in [0.15, 0.2) is 6.61 Å². The van der Waals surface area contributed by atoms with Gasteiger partial charge in [-0.05, 0) is 50.1 Å². The fraction of sp³-hybridized carbons (Fsp3) is 0.222. The highest BCUT2D eigenvalue weighted by Gasteiger charge is 2.05. The summed E-state index contributed by atoms with van der Waals surface area (Å²) in [4.78, 5) is 11.8. The number of benzene rings is 2. The number of amides is 1. The SMILES string of the molecule is C/C(=N\NC(=O)COc1ccc(Br)cc1C)c1ccc(C)cc1. The number of ether oxygens (including phenoxy) is 1. The monoisotopic (exact) mass is 374 g/mol. The van der Waals surface area contributed by atoms with Gasteiger partial charge in [-0.25, -0.2) is 5.43 Å². The number of aryl methyl sites for hydroxylation is 2. The Balaban J connectivity index is 1.89. The van der Waals surface area contributed by atoms with Gasteiger partial charge in [-0.3, -0.25) is 4.79 Å². The van der Waals surface area contributed by atoms with Crippen LogP contribution in [0.4, 0.5) is 0 Å². The molecule has 4 nitrogen and oxygen atoms in total. The standard InChI is InChI=1S/C18H19BrN2O2/c1-12-4-6-15(7-5-12)14(3)20-21-18(22)11-23-17-9-8-16(19)10-13(17)2/h4-10H,11H2,1-3H3,(H,21,22)/b20-14+. The Bertz CT molecular complexity index is 724. The summed E-state index contributed by atoms with van der Waals surface area (Å²) in [7, 11) is 0. The van der Waals surface area contributed by atoms with E-state index in [1.165, 1.54) is 5.56 Å². The highest BCUT2D eigenvalue weighted by atomic mass is 79.9. The maximum atomic E-state index is 11.8. The summed E-state index contributed by atoms with van der Waals surface area (Å²) < 4.78 is 6.48. The molecule has 2 aromatic carbocycles. The lowest BCUT2D eigenvalue weighted by atomic mass is 10.1. The van der Waals surface area contributed by atoms with Crippen LogP contribution in [0.1, 0.15) is 23.6 Å². The number of hydrogen-bond donors (Lipinski definition) is 1. The third-order valence-electron chi connectivity index (χ3n) is 3.31. The van der Waals surface area contributed by atoms with Gasteiger partial charge in [-0.1, -0.05) is 45.8 Å². The van der Waals surface area contributed by atoms with E-state index in [1.807, 2.05) is 63.2 Å². The van der Waals surface area contributed by atoms with Crippen molar-refractivity contribution < 1.29 is 9.53 Å². The second-order valence-electron chi connectivity index (χ2n) is 5.30. The Labute approximate surface area is 144 Å².